The molecule has 1 amide bonds. The van der Waals surface area contributed by atoms with Gasteiger partial charge < -0.3 is 9.72 Å². The van der Waals surface area contributed by atoms with E-state index < -0.39 is 11.7 Å². The van der Waals surface area contributed by atoms with Crippen molar-refractivity contribution in [2.24, 2.45) is 0 Å². The van der Waals surface area contributed by atoms with E-state index in [2.05, 4.69) is 5.32 Å². The van der Waals surface area contributed by atoms with E-state index in [0.717, 1.165) is 27.8 Å². The highest BCUT2D eigenvalue weighted by atomic mass is 16.2. The third-order valence-corrected chi connectivity index (χ3v) is 4.91. The number of Topliss-reactive ketones (excluding diaryl/α,β-unsaturated/α-hetero) is 1. The first-order valence-electron chi connectivity index (χ1n) is 9.13. The van der Waals surface area contributed by atoms with Crippen LogP contribution in [0.1, 0.15) is 21.6 Å². The molecule has 4 nitrogen and oxygen atoms in total. The number of anilines is 1. The summed E-state index contributed by atoms with van der Waals surface area (Å²) < 4.78 is 1.77. The van der Waals surface area contributed by atoms with Crippen molar-refractivity contribution in [1.29, 1.82) is 0 Å². The number of benzene rings is 2. The predicted octanol–water partition coefficient (Wildman–Crippen LogP) is 5.04. The van der Waals surface area contributed by atoms with E-state index in [1.165, 1.54) is 0 Å². The molecule has 0 fully saturated rings. The van der Waals surface area contributed by atoms with Crippen LogP contribution < -0.4 is 5.32 Å². The Morgan fingerprint density at radius 3 is 2.21 bits per heavy atom. The number of carbonyl (C=O) groups is 2. The minimum atomic E-state index is -0.640. The molecule has 0 aliphatic rings. The summed E-state index contributed by atoms with van der Waals surface area (Å²) in [4.78, 5) is 26.1. The van der Waals surface area contributed by atoms with E-state index in [1.54, 1.807) is 10.6 Å². The summed E-state index contributed by atoms with van der Waals surface area (Å²) in [6.45, 7) is 3.82. The molecule has 0 bridgehead atoms. The molecule has 28 heavy (non-hydrogen) atoms. The number of aromatic nitrogens is 1. The fourth-order valence-corrected chi connectivity index (χ4v) is 3.48. The maximum atomic E-state index is 13.2. The first-order chi connectivity index (χ1) is 13.6. The number of nitrogens with zero attached hydrogens (tertiary/aromatic N) is 1. The van der Waals surface area contributed by atoms with Crippen molar-refractivity contribution in [3.8, 4) is 11.1 Å². The van der Waals surface area contributed by atoms with Gasteiger partial charge in [-0.3, -0.25) is 9.59 Å². The second-order valence-corrected chi connectivity index (χ2v) is 6.82. The van der Waals surface area contributed by atoms with Gasteiger partial charge in [-0.2, -0.15) is 0 Å². The average Bonchev–Trinajstić information content (AvgIpc) is 3.10. The molecule has 0 atom stereocenters. The maximum Gasteiger partial charge on any atom is 0.298 e. The smallest absolute Gasteiger partial charge is 0.298 e. The van der Waals surface area contributed by atoms with Crippen LogP contribution in [-0.2, 0) is 4.79 Å². The van der Waals surface area contributed by atoms with Crippen LogP contribution in [0.15, 0.2) is 79.0 Å². The molecule has 4 aromatic rings. The fraction of sp³-hybridized carbons (Fsp3) is 0.0833. The summed E-state index contributed by atoms with van der Waals surface area (Å²) in [7, 11) is 0. The molecular weight excluding hydrogens is 348 g/mol. The van der Waals surface area contributed by atoms with Gasteiger partial charge in [-0.25, -0.2) is 0 Å². The first kappa shape index (κ1) is 17.7. The van der Waals surface area contributed by atoms with Crippen LogP contribution in [0, 0.1) is 13.8 Å². The molecule has 1 N–H and O–H groups in total. The number of ketones is 1. The number of pyridine rings is 1. The lowest BCUT2D eigenvalue weighted by Crippen LogP contribution is -2.25. The summed E-state index contributed by atoms with van der Waals surface area (Å²) in [6.07, 6.45) is 1.81. The Morgan fingerprint density at radius 2 is 1.50 bits per heavy atom. The predicted molar refractivity (Wildman–Crippen MR) is 112 cm³/mol. The van der Waals surface area contributed by atoms with Crippen LogP contribution in [0.4, 0.5) is 5.69 Å². The Morgan fingerprint density at radius 1 is 0.821 bits per heavy atom. The van der Waals surface area contributed by atoms with Gasteiger partial charge in [0.1, 0.15) is 5.69 Å². The van der Waals surface area contributed by atoms with Gasteiger partial charge in [0.05, 0.1) is 0 Å². The lowest BCUT2D eigenvalue weighted by molar-refractivity contribution is -0.112. The van der Waals surface area contributed by atoms with Gasteiger partial charge in [0.2, 0.25) is 0 Å². The molecule has 0 radical (unpaired) electrons. The fourth-order valence-electron chi connectivity index (χ4n) is 3.48. The highest BCUT2D eigenvalue weighted by Gasteiger charge is 2.25. The lowest BCUT2D eigenvalue weighted by atomic mass is 10.0. The minimum Gasteiger partial charge on any atom is -0.319 e. The molecule has 0 spiro atoms. The van der Waals surface area contributed by atoms with Crippen molar-refractivity contribution in [3.05, 3.63) is 95.8 Å². The number of fused-ring (bicyclic) bond motifs is 1. The van der Waals surface area contributed by atoms with Crippen LogP contribution in [-0.4, -0.2) is 16.1 Å². The quantitative estimate of drug-likeness (QED) is 0.405. The van der Waals surface area contributed by atoms with Gasteiger partial charge in [-0.15, -0.1) is 0 Å². The minimum absolute atomic E-state index is 0.366. The van der Waals surface area contributed by atoms with Crippen LogP contribution in [0.2, 0.25) is 0 Å². The number of aryl methyl sites for hydroxylation is 2. The molecule has 2 aromatic carbocycles. The van der Waals surface area contributed by atoms with Crippen molar-refractivity contribution >= 4 is 22.9 Å². The summed E-state index contributed by atoms with van der Waals surface area (Å²) in [5, 5.41) is 2.81. The van der Waals surface area contributed by atoms with E-state index in [4.69, 9.17) is 0 Å². The topological polar surface area (TPSA) is 50.6 Å². The zero-order valence-corrected chi connectivity index (χ0v) is 15.8. The molecule has 138 valence electrons. The van der Waals surface area contributed by atoms with Crippen molar-refractivity contribution < 1.29 is 9.59 Å². The van der Waals surface area contributed by atoms with E-state index >= 15 is 0 Å². The number of rotatable bonds is 4. The lowest BCUT2D eigenvalue weighted by Gasteiger charge is -2.12. The standard InChI is InChI=1S/C24H20N2O2/c1-16-9-8-10-17(2)21(16)25-24(28)23(27)22-20(18-11-4-3-5-12-18)15-19-13-6-7-14-26(19)22/h3-15H,1-2H3,(H,25,28). The van der Waals surface area contributed by atoms with Crippen molar-refractivity contribution in [2.75, 3.05) is 5.32 Å². The Kier molecular flexibility index (Phi) is 4.53. The monoisotopic (exact) mass is 368 g/mol. The van der Waals surface area contributed by atoms with Crippen LogP contribution in [0.25, 0.3) is 16.6 Å². The van der Waals surface area contributed by atoms with Crippen LogP contribution in [0.5, 0.6) is 0 Å². The molecule has 0 saturated carbocycles. The third-order valence-electron chi connectivity index (χ3n) is 4.91. The number of nitrogens with one attached hydrogen (secondary N) is 1. The molecule has 0 aliphatic heterocycles. The second-order valence-electron chi connectivity index (χ2n) is 6.82. The highest BCUT2D eigenvalue weighted by Crippen LogP contribution is 2.29. The molecule has 0 saturated heterocycles. The van der Waals surface area contributed by atoms with Gasteiger partial charge in [-0.05, 0) is 48.7 Å². The number of hydrogen-bond acceptors (Lipinski definition) is 2. The molecule has 4 rings (SSSR count). The third kappa shape index (κ3) is 3.09. The summed E-state index contributed by atoms with van der Waals surface area (Å²) in [6, 6.07) is 23.0. The molecular formula is C24H20N2O2. The van der Waals surface area contributed by atoms with Gasteiger partial charge in [0.25, 0.3) is 11.7 Å². The van der Waals surface area contributed by atoms with Gasteiger partial charge in [0, 0.05) is 23.0 Å². The van der Waals surface area contributed by atoms with Crippen LogP contribution >= 0.6 is 0 Å². The zero-order chi connectivity index (χ0) is 19.7. The Balaban J connectivity index is 1.80. The normalized spacial score (nSPS) is 10.8. The van der Waals surface area contributed by atoms with E-state index in [0.29, 0.717) is 11.4 Å². The summed E-state index contributed by atoms with van der Waals surface area (Å²) >= 11 is 0. The van der Waals surface area contributed by atoms with Crippen molar-refractivity contribution in [3.63, 3.8) is 0 Å². The van der Waals surface area contributed by atoms with Gasteiger partial charge >= 0.3 is 0 Å². The molecule has 0 unspecified atom stereocenters. The zero-order valence-electron chi connectivity index (χ0n) is 15.8. The second kappa shape index (κ2) is 7.16. The number of hydrogen-bond donors (Lipinski definition) is 1. The number of carbonyl (C=O) groups excluding carboxylic acids is 2. The molecule has 0 aliphatic carbocycles. The highest BCUT2D eigenvalue weighted by molar-refractivity contribution is 6.47. The number of amides is 1. The Labute approximate surface area is 163 Å². The first-order valence-corrected chi connectivity index (χ1v) is 9.13. The van der Waals surface area contributed by atoms with E-state index in [9.17, 15) is 9.59 Å². The maximum absolute atomic E-state index is 13.2. The summed E-state index contributed by atoms with van der Waals surface area (Å²) in [5.41, 5.74) is 5.40. The van der Waals surface area contributed by atoms with E-state index in [1.807, 2.05) is 86.6 Å². The van der Waals surface area contributed by atoms with Gasteiger partial charge in [-0.1, -0.05) is 54.6 Å². The van der Waals surface area contributed by atoms with Crippen molar-refractivity contribution in [2.45, 2.75) is 13.8 Å². The number of para-hydroxylation sites is 1. The Hall–Kier alpha value is -3.66. The SMILES string of the molecule is Cc1cccc(C)c1NC(=O)C(=O)c1c(-c2ccccc2)cc2ccccn12. The average molecular weight is 368 g/mol. The van der Waals surface area contributed by atoms with Gasteiger partial charge in [0.15, 0.2) is 0 Å². The Bertz CT molecular complexity index is 1170. The van der Waals surface area contributed by atoms with E-state index in [-0.39, 0.29) is 0 Å². The van der Waals surface area contributed by atoms with Crippen molar-refractivity contribution in [1.82, 2.24) is 4.40 Å². The summed E-state index contributed by atoms with van der Waals surface area (Å²) in [5.74, 6) is -1.20. The van der Waals surface area contributed by atoms with Crippen LogP contribution in [0.3, 0.4) is 0 Å². The molecule has 2 heterocycles. The molecule has 4 heteroatoms. The largest absolute Gasteiger partial charge is 0.319 e. The molecule has 2 aromatic heterocycles.